The summed E-state index contributed by atoms with van der Waals surface area (Å²) in [5.74, 6) is 0. The van der Waals surface area contributed by atoms with Crippen LogP contribution in [0.4, 0.5) is 0 Å². The van der Waals surface area contributed by atoms with Crippen LogP contribution in [-0.4, -0.2) is 0 Å². The van der Waals surface area contributed by atoms with Crippen LogP contribution in [-0.2, 0) is 5.41 Å². The largest absolute Gasteiger partial charge is 0.455 e. The lowest BCUT2D eigenvalue weighted by molar-refractivity contribution is 0.660. The Morgan fingerprint density at radius 2 is 0.946 bits per heavy atom. The average Bonchev–Trinajstić information content (AvgIpc) is 3.73. The molecular formula is C55H36O. The van der Waals surface area contributed by atoms with Crippen molar-refractivity contribution in [2.24, 2.45) is 0 Å². The summed E-state index contributed by atoms with van der Waals surface area (Å²) >= 11 is 0. The number of furan rings is 1. The zero-order chi connectivity index (χ0) is 37.1. The molecule has 1 aromatic heterocycles. The Morgan fingerprint density at radius 1 is 0.339 bits per heavy atom. The van der Waals surface area contributed by atoms with Crippen molar-refractivity contribution in [2.75, 3.05) is 0 Å². The molecule has 0 amide bonds. The third kappa shape index (κ3) is 4.37. The van der Waals surface area contributed by atoms with Crippen molar-refractivity contribution in [3.63, 3.8) is 0 Å². The Hall–Kier alpha value is -6.96. The molecule has 0 atom stereocenters. The summed E-state index contributed by atoms with van der Waals surface area (Å²) in [6, 6.07) is 67.3. The Morgan fingerprint density at radius 3 is 1.73 bits per heavy atom. The first-order valence-electron chi connectivity index (χ1n) is 19.6. The maximum absolute atomic E-state index is 6.49. The molecule has 0 saturated heterocycles. The lowest BCUT2D eigenvalue weighted by Crippen LogP contribution is -2.14. The van der Waals surface area contributed by atoms with Crippen LogP contribution in [0.15, 0.2) is 186 Å². The number of rotatable bonds is 3. The molecule has 1 heterocycles. The van der Waals surface area contributed by atoms with Crippen LogP contribution in [0.25, 0.3) is 110 Å². The molecule has 0 N–H and O–H groups in total. The van der Waals surface area contributed by atoms with Crippen LogP contribution < -0.4 is 0 Å². The first-order chi connectivity index (χ1) is 27.5. The summed E-state index contributed by atoms with van der Waals surface area (Å²) in [5, 5.41) is 12.3. The van der Waals surface area contributed by atoms with Crippen molar-refractivity contribution in [1.82, 2.24) is 0 Å². The van der Waals surface area contributed by atoms with Crippen LogP contribution in [0, 0.1) is 0 Å². The van der Waals surface area contributed by atoms with E-state index in [1.165, 1.54) is 109 Å². The highest BCUT2D eigenvalue weighted by molar-refractivity contribution is 6.23. The number of hydrogen-bond acceptors (Lipinski definition) is 1. The van der Waals surface area contributed by atoms with Gasteiger partial charge in [-0.3, -0.25) is 0 Å². The molecule has 0 fully saturated rings. The first-order valence-corrected chi connectivity index (χ1v) is 19.6. The Bertz CT molecular complexity index is 3390. The molecule has 262 valence electrons. The van der Waals surface area contributed by atoms with E-state index in [9.17, 15) is 0 Å². The number of fused-ring (bicyclic) bond motifs is 11. The standard InChI is InChI=1S/C55H36O/c1-55(2)49-28-26-35(30-47(49)48-31-36-25-27-45-39-18-9-10-24-51(39)56-54(45)46(36)32-50(48)55)34-15-11-16-37(29-34)52-41-19-5-7-21-43(41)53(44-22-8-6-20-42(44)52)40-23-12-14-33-13-3-4-17-38(33)40/h3-32H,1-2H3. The molecule has 1 aliphatic rings. The fraction of sp³-hybridized carbons (Fsp3) is 0.0545. The van der Waals surface area contributed by atoms with Crippen molar-refractivity contribution in [1.29, 1.82) is 0 Å². The van der Waals surface area contributed by atoms with E-state index in [0.717, 1.165) is 11.2 Å². The molecule has 0 spiro atoms. The minimum absolute atomic E-state index is 0.142. The van der Waals surface area contributed by atoms with E-state index >= 15 is 0 Å². The Kier molecular flexibility index (Phi) is 6.46. The van der Waals surface area contributed by atoms with Gasteiger partial charge in [-0.15, -0.1) is 0 Å². The number of hydrogen-bond donors (Lipinski definition) is 0. The maximum Gasteiger partial charge on any atom is 0.143 e. The summed E-state index contributed by atoms with van der Waals surface area (Å²) in [6.07, 6.45) is 0. The minimum Gasteiger partial charge on any atom is -0.455 e. The normalized spacial score (nSPS) is 13.3. The van der Waals surface area contributed by atoms with Crippen LogP contribution >= 0.6 is 0 Å². The molecule has 0 saturated carbocycles. The molecule has 0 radical (unpaired) electrons. The lowest BCUT2D eigenvalue weighted by atomic mass is 9.81. The monoisotopic (exact) mass is 712 g/mol. The molecule has 0 bridgehead atoms. The maximum atomic E-state index is 6.49. The average molecular weight is 713 g/mol. The van der Waals surface area contributed by atoms with Gasteiger partial charge in [-0.1, -0.05) is 159 Å². The van der Waals surface area contributed by atoms with Crippen molar-refractivity contribution in [3.05, 3.63) is 193 Å². The predicted molar refractivity (Wildman–Crippen MR) is 238 cm³/mol. The second kappa shape index (κ2) is 11.5. The highest BCUT2D eigenvalue weighted by atomic mass is 16.3. The second-order valence-electron chi connectivity index (χ2n) is 16.0. The van der Waals surface area contributed by atoms with E-state index in [-0.39, 0.29) is 5.41 Å². The molecule has 1 nitrogen and oxygen atoms in total. The predicted octanol–water partition coefficient (Wildman–Crippen LogP) is 15.5. The minimum atomic E-state index is -0.142. The van der Waals surface area contributed by atoms with Crippen LogP contribution in [0.3, 0.4) is 0 Å². The number of para-hydroxylation sites is 1. The summed E-state index contributed by atoms with van der Waals surface area (Å²) in [4.78, 5) is 0. The van der Waals surface area contributed by atoms with E-state index in [0.29, 0.717) is 0 Å². The van der Waals surface area contributed by atoms with Gasteiger partial charge >= 0.3 is 0 Å². The van der Waals surface area contributed by atoms with E-state index in [1.807, 2.05) is 6.07 Å². The molecule has 1 aliphatic carbocycles. The highest BCUT2D eigenvalue weighted by Gasteiger charge is 2.36. The third-order valence-electron chi connectivity index (χ3n) is 12.6. The molecular weight excluding hydrogens is 677 g/mol. The number of benzene rings is 10. The fourth-order valence-electron chi connectivity index (χ4n) is 9.96. The van der Waals surface area contributed by atoms with Gasteiger partial charge in [-0.05, 0) is 130 Å². The lowest BCUT2D eigenvalue weighted by Gasteiger charge is -2.22. The van der Waals surface area contributed by atoms with Gasteiger partial charge in [-0.25, -0.2) is 0 Å². The second-order valence-corrected chi connectivity index (χ2v) is 16.0. The topological polar surface area (TPSA) is 13.1 Å². The van der Waals surface area contributed by atoms with Crippen LogP contribution in [0.2, 0.25) is 0 Å². The molecule has 10 aromatic carbocycles. The SMILES string of the molecule is CC1(C)c2ccc(-c3cccc(-c4c5ccccc5c(-c5cccc6ccccc56)c5ccccc45)c3)cc2-c2cc3ccc4c5ccccc5oc4c3cc21. The van der Waals surface area contributed by atoms with Crippen molar-refractivity contribution >= 4 is 65.0 Å². The molecule has 11 aromatic rings. The van der Waals surface area contributed by atoms with E-state index in [2.05, 4.69) is 190 Å². The van der Waals surface area contributed by atoms with Gasteiger partial charge in [0, 0.05) is 21.6 Å². The van der Waals surface area contributed by atoms with Gasteiger partial charge in [0.25, 0.3) is 0 Å². The Labute approximate surface area is 325 Å². The van der Waals surface area contributed by atoms with Crippen LogP contribution in [0.1, 0.15) is 25.0 Å². The highest BCUT2D eigenvalue weighted by Crippen LogP contribution is 2.52. The molecule has 56 heavy (non-hydrogen) atoms. The fourth-order valence-corrected chi connectivity index (χ4v) is 9.96. The first kappa shape index (κ1) is 31.4. The van der Waals surface area contributed by atoms with E-state index < -0.39 is 0 Å². The third-order valence-corrected chi connectivity index (χ3v) is 12.6. The smallest absolute Gasteiger partial charge is 0.143 e. The van der Waals surface area contributed by atoms with Gasteiger partial charge in [0.2, 0.25) is 0 Å². The summed E-state index contributed by atoms with van der Waals surface area (Å²) in [7, 11) is 0. The Balaban J connectivity index is 1.03. The summed E-state index contributed by atoms with van der Waals surface area (Å²) < 4.78 is 6.49. The van der Waals surface area contributed by atoms with Gasteiger partial charge in [0.05, 0.1) is 0 Å². The van der Waals surface area contributed by atoms with E-state index in [1.54, 1.807) is 0 Å². The molecule has 1 heteroatoms. The molecule has 0 unspecified atom stereocenters. The van der Waals surface area contributed by atoms with Crippen LogP contribution in [0.5, 0.6) is 0 Å². The van der Waals surface area contributed by atoms with Crippen molar-refractivity contribution in [2.45, 2.75) is 19.3 Å². The molecule has 12 rings (SSSR count). The summed E-state index contributed by atoms with van der Waals surface area (Å²) in [5.41, 5.74) is 14.6. The van der Waals surface area contributed by atoms with Gasteiger partial charge < -0.3 is 4.42 Å². The quantitative estimate of drug-likeness (QED) is 0.166. The zero-order valence-corrected chi connectivity index (χ0v) is 31.2. The van der Waals surface area contributed by atoms with Gasteiger partial charge in [0.15, 0.2) is 0 Å². The summed E-state index contributed by atoms with van der Waals surface area (Å²) in [6.45, 7) is 4.72. The molecule has 0 aliphatic heterocycles. The van der Waals surface area contributed by atoms with Crippen molar-refractivity contribution < 1.29 is 4.42 Å². The van der Waals surface area contributed by atoms with Crippen molar-refractivity contribution in [3.8, 4) is 44.5 Å². The zero-order valence-electron chi connectivity index (χ0n) is 31.2. The van der Waals surface area contributed by atoms with Gasteiger partial charge in [-0.2, -0.15) is 0 Å². The van der Waals surface area contributed by atoms with Gasteiger partial charge in [0.1, 0.15) is 11.2 Å². The van der Waals surface area contributed by atoms with E-state index in [4.69, 9.17) is 4.42 Å².